The van der Waals surface area contributed by atoms with E-state index < -0.39 is 21.7 Å². The molecule has 1 heterocycles. The van der Waals surface area contributed by atoms with Crippen molar-refractivity contribution in [1.29, 1.82) is 0 Å². The van der Waals surface area contributed by atoms with Gasteiger partial charge in [-0.1, -0.05) is 30.3 Å². The van der Waals surface area contributed by atoms with Crippen LogP contribution in [-0.4, -0.2) is 65.2 Å². The molecule has 0 atom stereocenters. The first-order chi connectivity index (χ1) is 14.5. The average Bonchev–Trinajstić information content (AvgIpc) is 2.75. The molecular weight excluding hydrogens is 409 g/mol. The number of hydrogen-bond acceptors (Lipinski definition) is 5. The second-order valence-corrected chi connectivity index (χ2v) is 8.75. The quantitative estimate of drug-likeness (QED) is 0.622. The molecule has 0 aromatic heterocycles. The monoisotopic (exact) mass is 435 g/mol. The van der Waals surface area contributed by atoms with E-state index in [2.05, 4.69) is 14.9 Å². The van der Waals surface area contributed by atoms with Crippen LogP contribution in [0.25, 0.3) is 0 Å². The highest BCUT2D eigenvalue weighted by atomic mass is 32.2. The molecule has 3 rings (SSSR count). The minimum atomic E-state index is -3.86. The van der Waals surface area contributed by atoms with Crippen LogP contribution in [0, 0.1) is 5.82 Å². The van der Waals surface area contributed by atoms with Crippen LogP contribution < -0.4 is 10.0 Å². The predicted octanol–water partition coefficient (Wildman–Crippen LogP) is 1.41. The van der Waals surface area contributed by atoms with E-state index in [1.807, 2.05) is 30.3 Å². The van der Waals surface area contributed by atoms with Gasteiger partial charge in [0.25, 0.3) is 5.91 Å². The zero-order valence-electron chi connectivity index (χ0n) is 16.6. The van der Waals surface area contributed by atoms with Crippen molar-refractivity contribution in [3.63, 3.8) is 0 Å². The Kier molecular flexibility index (Phi) is 7.92. The van der Waals surface area contributed by atoms with Crippen molar-refractivity contribution in [2.24, 2.45) is 0 Å². The lowest BCUT2D eigenvalue weighted by atomic mass is 10.2. The molecule has 2 N–H and O–H groups in total. The van der Waals surface area contributed by atoms with Crippen LogP contribution in [0.4, 0.5) is 4.39 Å². The molecule has 0 radical (unpaired) electrons. The molecule has 2 aromatic carbocycles. The topological polar surface area (TPSA) is 87.7 Å². The van der Waals surface area contributed by atoms with Gasteiger partial charge in [-0.3, -0.25) is 9.69 Å². The van der Waals surface area contributed by atoms with E-state index in [1.54, 1.807) is 0 Å². The summed E-state index contributed by atoms with van der Waals surface area (Å²) in [4.78, 5) is 14.4. The van der Waals surface area contributed by atoms with E-state index in [9.17, 15) is 17.6 Å². The summed E-state index contributed by atoms with van der Waals surface area (Å²) in [7, 11) is -3.86. The lowest BCUT2D eigenvalue weighted by Gasteiger charge is -2.26. The average molecular weight is 436 g/mol. The van der Waals surface area contributed by atoms with Crippen LogP contribution in [0.3, 0.4) is 0 Å². The van der Waals surface area contributed by atoms with E-state index in [0.29, 0.717) is 32.7 Å². The van der Waals surface area contributed by atoms with Gasteiger partial charge in [-0.05, 0) is 30.2 Å². The standard InChI is InChI=1S/C21H26FN3O4S/c22-20-7-6-18(30(27,28)24-9-8-17-4-2-1-3-5-17)16-19(20)21(26)23-10-11-25-12-14-29-15-13-25/h1-7,16,24H,8-15H2,(H,23,26). The summed E-state index contributed by atoms with van der Waals surface area (Å²) in [5, 5.41) is 2.65. The molecule has 1 fully saturated rings. The lowest BCUT2D eigenvalue weighted by molar-refractivity contribution is 0.0383. The zero-order chi connectivity index (χ0) is 21.4. The molecule has 0 bridgehead atoms. The van der Waals surface area contributed by atoms with Gasteiger partial charge in [0.1, 0.15) is 5.82 Å². The minimum Gasteiger partial charge on any atom is -0.379 e. The third-order valence-corrected chi connectivity index (χ3v) is 6.32. The number of nitrogens with one attached hydrogen (secondary N) is 2. The Bertz CT molecular complexity index is 948. The number of benzene rings is 2. The summed E-state index contributed by atoms with van der Waals surface area (Å²) in [5.41, 5.74) is 0.711. The molecule has 0 aliphatic carbocycles. The van der Waals surface area contributed by atoms with Crippen molar-refractivity contribution in [3.8, 4) is 0 Å². The van der Waals surface area contributed by atoms with Crippen LogP contribution >= 0.6 is 0 Å². The molecule has 0 spiro atoms. The van der Waals surface area contributed by atoms with Crippen molar-refractivity contribution >= 4 is 15.9 Å². The second-order valence-electron chi connectivity index (χ2n) is 6.98. The van der Waals surface area contributed by atoms with Crippen LogP contribution in [0.2, 0.25) is 0 Å². The number of ether oxygens (including phenoxy) is 1. The zero-order valence-corrected chi connectivity index (χ0v) is 17.5. The van der Waals surface area contributed by atoms with Gasteiger partial charge < -0.3 is 10.1 Å². The fraction of sp³-hybridized carbons (Fsp3) is 0.381. The number of sulfonamides is 1. The van der Waals surface area contributed by atoms with Crippen LogP contribution in [0.5, 0.6) is 0 Å². The summed E-state index contributed by atoms with van der Waals surface area (Å²) in [5.74, 6) is -1.40. The highest BCUT2D eigenvalue weighted by molar-refractivity contribution is 7.89. The molecule has 9 heteroatoms. The van der Waals surface area contributed by atoms with E-state index in [0.717, 1.165) is 36.9 Å². The second kappa shape index (κ2) is 10.6. The maximum absolute atomic E-state index is 14.2. The Morgan fingerprint density at radius 3 is 2.53 bits per heavy atom. The van der Waals surface area contributed by atoms with Gasteiger partial charge in [0.05, 0.1) is 23.7 Å². The summed E-state index contributed by atoms with van der Waals surface area (Å²) < 4.78 is 47.0. The Labute approximate surface area is 176 Å². The van der Waals surface area contributed by atoms with E-state index in [4.69, 9.17) is 4.74 Å². The van der Waals surface area contributed by atoms with Crippen molar-refractivity contribution in [2.45, 2.75) is 11.3 Å². The number of rotatable bonds is 9. The molecular formula is C21H26FN3O4S. The first-order valence-corrected chi connectivity index (χ1v) is 11.4. The molecule has 1 aliphatic rings. The highest BCUT2D eigenvalue weighted by Gasteiger charge is 2.19. The van der Waals surface area contributed by atoms with Gasteiger partial charge in [-0.25, -0.2) is 17.5 Å². The SMILES string of the molecule is O=C(NCCN1CCOCC1)c1cc(S(=O)(=O)NCCc2ccccc2)ccc1F. The van der Waals surface area contributed by atoms with Gasteiger partial charge in [-0.15, -0.1) is 0 Å². The molecule has 1 amide bonds. The molecule has 0 unspecified atom stereocenters. The molecule has 7 nitrogen and oxygen atoms in total. The van der Waals surface area contributed by atoms with Crippen molar-refractivity contribution < 1.29 is 22.3 Å². The Morgan fingerprint density at radius 2 is 1.80 bits per heavy atom. The Morgan fingerprint density at radius 1 is 1.07 bits per heavy atom. The summed E-state index contributed by atoms with van der Waals surface area (Å²) >= 11 is 0. The van der Waals surface area contributed by atoms with Gasteiger partial charge in [0.2, 0.25) is 10.0 Å². The number of hydrogen-bond donors (Lipinski definition) is 2. The van der Waals surface area contributed by atoms with Crippen LogP contribution in [0.1, 0.15) is 15.9 Å². The normalized spacial score (nSPS) is 15.1. The largest absolute Gasteiger partial charge is 0.379 e. The number of nitrogens with zero attached hydrogens (tertiary/aromatic N) is 1. The molecule has 30 heavy (non-hydrogen) atoms. The first-order valence-electron chi connectivity index (χ1n) is 9.87. The van der Waals surface area contributed by atoms with Gasteiger partial charge in [0, 0.05) is 32.7 Å². The number of morpholine rings is 1. The van der Waals surface area contributed by atoms with E-state index >= 15 is 0 Å². The lowest BCUT2D eigenvalue weighted by Crippen LogP contribution is -2.41. The molecule has 1 saturated heterocycles. The highest BCUT2D eigenvalue weighted by Crippen LogP contribution is 2.15. The summed E-state index contributed by atoms with van der Waals surface area (Å²) in [6.45, 7) is 4.03. The fourth-order valence-corrected chi connectivity index (χ4v) is 4.21. The minimum absolute atomic E-state index is 0.143. The number of carbonyl (C=O) groups is 1. The molecule has 2 aromatic rings. The van der Waals surface area contributed by atoms with Gasteiger partial charge in [-0.2, -0.15) is 0 Å². The molecule has 162 valence electrons. The smallest absolute Gasteiger partial charge is 0.254 e. The number of halogens is 1. The number of carbonyl (C=O) groups excluding carboxylic acids is 1. The number of amides is 1. The van der Waals surface area contributed by atoms with Crippen molar-refractivity contribution in [1.82, 2.24) is 14.9 Å². The van der Waals surface area contributed by atoms with E-state index in [1.165, 1.54) is 0 Å². The molecule has 1 aliphatic heterocycles. The van der Waals surface area contributed by atoms with Crippen molar-refractivity contribution in [2.75, 3.05) is 45.9 Å². The third-order valence-electron chi connectivity index (χ3n) is 4.86. The first kappa shape index (κ1) is 22.4. The fourth-order valence-electron chi connectivity index (χ4n) is 3.15. The van der Waals surface area contributed by atoms with Crippen molar-refractivity contribution in [3.05, 3.63) is 65.5 Å². The predicted molar refractivity (Wildman–Crippen MR) is 111 cm³/mol. The Balaban J connectivity index is 1.57. The molecule has 0 saturated carbocycles. The van der Waals surface area contributed by atoms with Gasteiger partial charge >= 0.3 is 0 Å². The summed E-state index contributed by atoms with van der Waals surface area (Å²) in [6, 6.07) is 12.7. The maximum atomic E-state index is 14.2. The Hall–Kier alpha value is -2.33. The van der Waals surface area contributed by atoms with E-state index in [-0.39, 0.29) is 17.0 Å². The van der Waals surface area contributed by atoms with Crippen LogP contribution in [0.15, 0.2) is 53.4 Å². The van der Waals surface area contributed by atoms with Crippen LogP contribution in [-0.2, 0) is 21.2 Å². The summed E-state index contributed by atoms with van der Waals surface area (Å²) in [6.07, 6.45) is 0.524. The third kappa shape index (κ3) is 6.33. The maximum Gasteiger partial charge on any atom is 0.254 e. The van der Waals surface area contributed by atoms with Gasteiger partial charge in [0.15, 0.2) is 0 Å².